The Labute approximate surface area is 120 Å². The number of carboxylic acids is 1. The monoisotopic (exact) mass is 299 g/mol. The van der Waals surface area contributed by atoms with Gasteiger partial charge < -0.3 is 9.67 Å². The number of carboxylic acid groups (broad SMARTS) is 1. The Hall–Kier alpha value is -1.98. The van der Waals surface area contributed by atoms with E-state index in [1.807, 2.05) is 13.8 Å². The predicted octanol–water partition coefficient (Wildman–Crippen LogP) is 4.26. The molecule has 0 unspecified atom stereocenters. The van der Waals surface area contributed by atoms with Gasteiger partial charge in [-0.2, -0.15) is 13.2 Å². The molecule has 0 aliphatic rings. The molecule has 0 amide bonds. The zero-order valence-corrected chi connectivity index (χ0v) is 11.7. The number of alkyl halides is 3. The molecule has 0 aliphatic heterocycles. The summed E-state index contributed by atoms with van der Waals surface area (Å²) in [6.45, 7) is 3.73. The summed E-state index contributed by atoms with van der Waals surface area (Å²) in [6.07, 6.45) is -4.14. The smallest absolute Gasteiger partial charge is 0.416 e. The van der Waals surface area contributed by atoms with Gasteiger partial charge in [0.05, 0.1) is 12.0 Å². The fourth-order valence-electron chi connectivity index (χ4n) is 2.49. The van der Waals surface area contributed by atoms with E-state index in [1.165, 1.54) is 6.07 Å². The van der Waals surface area contributed by atoms with E-state index in [0.29, 0.717) is 17.3 Å². The van der Waals surface area contributed by atoms with Crippen molar-refractivity contribution in [2.75, 3.05) is 0 Å². The zero-order valence-electron chi connectivity index (χ0n) is 11.7. The van der Waals surface area contributed by atoms with Crippen LogP contribution in [0.5, 0.6) is 0 Å². The predicted molar refractivity (Wildman–Crippen MR) is 73.3 cm³/mol. The molecule has 6 heteroatoms. The van der Waals surface area contributed by atoms with Gasteiger partial charge in [-0.25, -0.2) is 0 Å². The van der Waals surface area contributed by atoms with Crippen molar-refractivity contribution in [1.29, 1.82) is 0 Å². The highest BCUT2D eigenvalue weighted by Crippen LogP contribution is 2.33. The van der Waals surface area contributed by atoms with E-state index in [1.54, 1.807) is 10.6 Å². The van der Waals surface area contributed by atoms with Crippen molar-refractivity contribution in [3.8, 4) is 0 Å². The van der Waals surface area contributed by atoms with Crippen LogP contribution in [-0.4, -0.2) is 15.6 Å². The quantitative estimate of drug-likeness (QED) is 0.916. The maximum absolute atomic E-state index is 12.8. The van der Waals surface area contributed by atoms with Gasteiger partial charge in [0.15, 0.2) is 0 Å². The molecular formula is C15H16F3NO2. The standard InChI is InChI=1S/C15H16F3NO2/c1-9(2)19-12(5-6-14(20)21)7-10-3-4-11(8-13(10)19)15(16,17)18/h3-4,7-9H,5-6H2,1-2H3,(H,20,21). The first-order valence-corrected chi connectivity index (χ1v) is 6.63. The number of fused-ring (bicyclic) bond motifs is 1. The Balaban J connectivity index is 2.56. The van der Waals surface area contributed by atoms with Gasteiger partial charge in [-0.05, 0) is 43.9 Å². The third kappa shape index (κ3) is 3.20. The molecule has 0 aliphatic carbocycles. The minimum absolute atomic E-state index is 0.0465. The van der Waals surface area contributed by atoms with E-state index in [0.717, 1.165) is 17.8 Å². The number of aromatic nitrogens is 1. The van der Waals surface area contributed by atoms with Crippen LogP contribution in [0.2, 0.25) is 0 Å². The lowest BCUT2D eigenvalue weighted by Crippen LogP contribution is -2.09. The van der Waals surface area contributed by atoms with Crippen LogP contribution in [0.25, 0.3) is 10.9 Å². The number of benzene rings is 1. The van der Waals surface area contributed by atoms with Crippen LogP contribution in [0.1, 0.15) is 37.6 Å². The first kappa shape index (κ1) is 15.4. The minimum Gasteiger partial charge on any atom is -0.481 e. The second-order valence-corrected chi connectivity index (χ2v) is 5.26. The number of aliphatic carboxylic acids is 1. The summed E-state index contributed by atoms with van der Waals surface area (Å²) in [5.41, 5.74) is 0.529. The van der Waals surface area contributed by atoms with Crippen molar-refractivity contribution in [2.24, 2.45) is 0 Å². The highest BCUT2D eigenvalue weighted by Gasteiger charge is 2.31. The number of aryl methyl sites for hydroxylation is 1. The number of rotatable bonds is 4. The second kappa shape index (κ2) is 5.42. The molecule has 0 atom stereocenters. The van der Waals surface area contributed by atoms with Crippen LogP contribution in [0.15, 0.2) is 24.3 Å². The topological polar surface area (TPSA) is 42.2 Å². The summed E-state index contributed by atoms with van der Waals surface area (Å²) in [4.78, 5) is 10.7. The number of nitrogens with zero attached hydrogens (tertiary/aromatic N) is 1. The van der Waals surface area contributed by atoms with Crippen molar-refractivity contribution >= 4 is 16.9 Å². The van der Waals surface area contributed by atoms with E-state index < -0.39 is 17.7 Å². The molecule has 3 nitrogen and oxygen atoms in total. The van der Waals surface area contributed by atoms with Gasteiger partial charge in [0.25, 0.3) is 0 Å². The Morgan fingerprint density at radius 2 is 1.95 bits per heavy atom. The molecule has 21 heavy (non-hydrogen) atoms. The SMILES string of the molecule is CC(C)n1c(CCC(=O)O)cc2ccc(C(F)(F)F)cc21. The van der Waals surface area contributed by atoms with Gasteiger partial charge >= 0.3 is 12.1 Å². The van der Waals surface area contributed by atoms with Gasteiger partial charge in [0, 0.05) is 17.3 Å². The fourth-order valence-corrected chi connectivity index (χ4v) is 2.49. The maximum Gasteiger partial charge on any atom is 0.416 e. The molecule has 1 aromatic carbocycles. The Morgan fingerprint density at radius 3 is 2.48 bits per heavy atom. The minimum atomic E-state index is -4.39. The molecule has 0 radical (unpaired) electrons. The van der Waals surface area contributed by atoms with Crippen LogP contribution in [-0.2, 0) is 17.4 Å². The van der Waals surface area contributed by atoms with E-state index in [2.05, 4.69) is 0 Å². The van der Waals surface area contributed by atoms with Crippen molar-refractivity contribution in [1.82, 2.24) is 4.57 Å². The van der Waals surface area contributed by atoms with E-state index in [4.69, 9.17) is 5.11 Å². The molecule has 1 N–H and O–H groups in total. The van der Waals surface area contributed by atoms with Gasteiger partial charge in [0.1, 0.15) is 0 Å². The zero-order chi connectivity index (χ0) is 15.8. The van der Waals surface area contributed by atoms with Crippen molar-refractivity contribution in [3.05, 3.63) is 35.5 Å². The van der Waals surface area contributed by atoms with Gasteiger partial charge in [-0.3, -0.25) is 4.79 Å². The summed E-state index contributed by atoms with van der Waals surface area (Å²) in [6, 6.07) is 5.32. The van der Waals surface area contributed by atoms with Crippen molar-refractivity contribution < 1.29 is 23.1 Å². The summed E-state index contributed by atoms with van der Waals surface area (Å²) in [7, 11) is 0. The third-order valence-electron chi connectivity index (χ3n) is 3.36. The molecule has 0 saturated carbocycles. The average Bonchev–Trinajstić information content (AvgIpc) is 2.72. The second-order valence-electron chi connectivity index (χ2n) is 5.26. The van der Waals surface area contributed by atoms with Crippen LogP contribution in [0, 0.1) is 0 Å². The Kier molecular flexibility index (Phi) is 3.98. The molecule has 114 valence electrons. The molecule has 2 aromatic rings. The first-order valence-electron chi connectivity index (χ1n) is 6.63. The van der Waals surface area contributed by atoms with Crippen molar-refractivity contribution in [3.63, 3.8) is 0 Å². The molecule has 0 bridgehead atoms. The van der Waals surface area contributed by atoms with Crippen LogP contribution >= 0.6 is 0 Å². The lowest BCUT2D eigenvalue weighted by Gasteiger charge is -2.15. The molecular weight excluding hydrogens is 283 g/mol. The molecule has 0 fully saturated rings. The fraction of sp³-hybridized carbons (Fsp3) is 0.400. The number of halogens is 3. The normalized spacial score (nSPS) is 12.3. The van der Waals surface area contributed by atoms with Gasteiger partial charge in [0.2, 0.25) is 0 Å². The highest BCUT2D eigenvalue weighted by atomic mass is 19.4. The van der Waals surface area contributed by atoms with E-state index >= 15 is 0 Å². The number of hydrogen-bond donors (Lipinski definition) is 1. The Bertz CT molecular complexity index is 671. The number of hydrogen-bond acceptors (Lipinski definition) is 1. The average molecular weight is 299 g/mol. The maximum atomic E-state index is 12.8. The van der Waals surface area contributed by atoms with E-state index in [9.17, 15) is 18.0 Å². The first-order chi connectivity index (χ1) is 9.70. The van der Waals surface area contributed by atoms with Crippen LogP contribution in [0.4, 0.5) is 13.2 Å². The summed E-state index contributed by atoms with van der Waals surface area (Å²) < 4.78 is 40.2. The summed E-state index contributed by atoms with van der Waals surface area (Å²) >= 11 is 0. The van der Waals surface area contributed by atoms with E-state index in [-0.39, 0.29) is 12.5 Å². The van der Waals surface area contributed by atoms with Gasteiger partial charge in [-0.15, -0.1) is 0 Å². The Morgan fingerprint density at radius 1 is 1.29 bits per heavy atom. The number of carbonyl (C=O) groups is 1. The summed E-state index contributed by atoms with van der Waals surface area (Å²) in [5, 5.41) is 9.46. The lowest BCUT2D eigenvalue weighted by molar-refractivity contribution is -0.138. The molecule has 0 spiro atoms. The van der Waals surface area contributed by atoms with Crippen LogP contribution in [0.3, 0.4) is 0 Å². The molecule has 1 aromatic heterocycles. The largest absolute Gasteiger partial charge is 0.481 e. The third-order valence-corrected chi connectivity index (χ3v) is 3.36. The lowest BCUT2D eigenvalue weighted by atomic mass is 10.1. The van der Waals surface area contributed by atoms with Crippen LogP contribution < -0.4 is 0 Å². The molecule has 2 rings (SSSR count). The van der Waals surface area contributed by atoms with Crippen molar-refractivity contribution in [2.45, 2.75) is 38.9 Å². The summed E-state index contributed by atoms with van der Waals surface area (Å²) in [5.74, 6) is -0.924. The highest BCUT2D eigenvalue weighted by molar-refractivity contribution is 5.82. The molecule has 0 saturated heterocycles. The van der Waals surface area contributed by atoms with Gasteiger partial charge in [-0.1, -0.05) is 6.07 Å². The molecule has 1 heterocycles.